The Balaban J connectivity index is 2.26. The smallest absolute Gasteiger partial charge is 0.241 e. The molecule has 0 bridgehead atoms. The second-order valence-electron chi connectivity index (χ2n) is 4.90. The predicted octanol–water partition coefficient (Wildman–Crippen LogP) is 1.89. The highest BCUT2D eigenvalue weighted by atomic mass is 32.2. The van der Waals surface area contributed by atoms with Gasteiger partial charge in [0.15, 0.2) is 0 Å². The lowest BCUT2D eigenvalue weighted by Crippen LogP contribution is -2.28. The van der Waals surface area contributed by atoms with Crippen molar-refractivity contribution in [1.29, 1.82) is 0 Å². The number of benzene rings is 1. The van der Waals surface area contributed by atoms with Crippen LogP contribution in [0.15, 0.2) is 47.5 Å². The zero-order valence-electron chi connectivity index (χ0n) is 12.1. The molecule has 1 atom stereocenters. The lowest BCUT2D eigenvalue weighted by Gasteiger charge is -2.15. The Morgan fingerprint density at radius 3 is 2.62 bits per heavy atom. The summed E-state index contributed by atoms with van der Waals surface area (Å²) in [4.78, 5) is 4.43. The van der Waals surface area contributed by atoms with Gasteiger partial charge in [-0.1, -0.05) is 18.2 Å². The summed E-state index contributed by atoms with van der Waals surface area (Å²) in [5.74, 6) is 0. The van der Waals surface area contributed by atoms with E-state index in [4.69, 9.17) is 5.73 Å². The maximum absolute atomic E-state index is 12.5. The van der Waals surface area contributed by atoms with Crippen LogP contribution in [0, 0.1) is 6.92 Å². The van der Waals surface area contributed by atoms with Crippen LogP contribution in [0.3, 0.4) is 0 Å². The van der Waals surface area contributed by atoms with Crippen molar-refractivity contribution in [2.75, 3.05) is 0 Å². The van der Waals surface area contributed by atoms with Crippen molar-refractivity contribution in [1.82, 2.24) is 9.71 Å². The molecule has 0 saturated carbocycles. The van der Waals surface area contributed by atoms with Crippen molar-refractivity contribution in [3.8, 4) is 0 Å². The van der Waals surface area contributed by atoms with Crippen LogP contribution in [0.5, 0.6) is 0 Å². The second-order valence-corrected chi connectivity index (χ2v) is 6.58. The minimum Gasteiger partial charge on any atom is -0.326 e. The zero-order chi connectivity index (χ0) is 15.5. The fourth-order valence-corrected chi connectivity index (χ4v) is 3.57. The molecule has 1 aromatic heterocycles. The van der Waals surface area contributed by atoms with Crippen molar-refractivity contribution >= 4 is 10.0 Å². The van der Waals surface area contributed by atoms with Crippen LogP contribution in [0.4, 0.5) is 0 Å². The average Bonchev–Trinajstić information content (AvgIpc) is 2.47. The summed E-state index contributed by atoms with van der Waals surface area (Å²) < 4.78 is 27.6. The Morgan fingerprint density at radius 1 is 1.29 bits per heavy atom. The first kappa shape index (κ1) is 15.6. The van der Waals surface area contributed by atoms with Crippen molar-refractivity contribution in [2.24, 2.45) is 5.73 Å². The number of aryl methyl sites for hydroxylation is 1. The quantitative estimate of drug-likeness (QED) is 0.883. The topological polar surface area (TPSA) is 85.1 Å². The molecule has 0 fully saturated rings. The summed E-state index contributed by atoms with van der Waals surface area (Å²) in [6, 6.07) is 10.1. The maximum atomic E-state index is 12.5. The van der Waals surface area contributed by atoms with Gasteiger partial charge >= 0.3 is 0 Å². The van der Waals surface area contributed by atoms with Gasteiger partial charge in [0, 0.05) is 12.7 Å². The van der Waals surface area contributed by atoms with Gasteiger partial charge in [-0.25, -0.2) is 13.1 Å². The molecular weight excluding hydrogens is 286 g/mol. The van der Waals surface area contributed by atoms with E-state index >= 15 is 0 Å². The van der Waals surface area contributed by atoms with E-state index in [0.29, 0.717) is 17.8 Å². The van der Waals surface area contributed by atoms with E-state index in [1.807, 2.05) is 6.07 Å². The molecule has 6 heteroatoms. The Bertz CT molecular complexity index is 715. The van der Waals surface area contributed by atoms with E-state index in [2.05, 4.69) is 9.71 Å². The number of aromatic nitrogens is 1. The third kappa shape index (κ3) is 3.66. The molecule has 5 nitrogen and oxygen atoms in total. The molecule has 2 aromatic rings. The summed E-state index contributed by atoms with van der Waals surface area (Å²) in [6.45, 7) is 3.92. The van der Waals surface area contributed by atoms with Crippen LogP contribution in [-0.2, 0) is 16.6 Å². The summed E-state index contributed by atoms with van der Waals surface area (Å²) in [7, 11) is -3.59. The molecule has 112 valence electrons. The van der Waals surface area contributed by atoms with Gasteiger partial charge in [-0.2, -0.15) is 0 Å². The molecule has 21 heavy (non-hydrogen) atoms. The van der Waals surface area contributed by atoms with Crippen molar-refractivity contribution < 1.29 is 8.42 Å². The van der Waals surface area contributed by atoms with Crippen LogP contribution in [0.25, 0.3) is 0 Å². The number of sulfonamides is 1. The van der Waals surface area contributed by atoms with Crippen LogP contribution >= 0.6 is 0 Å². The first-order valence-corrected chi connectivity index (χ1v) is 8.15. The predicted molar refractivity (Wildman–Crippen MR) is 82.0 cm³/mol. The molecule has 0 saturated heterocycles. The third-order valence-corrected chi connectivity index (χ3v) is 4.93. The number of pyridine rings is 1. The standard InChI is InChI=1S/C15H19N3O2S/c1-11-9-13(10-16)6-7-15(11)21(19,20)18-12(2)14-5-3-4-8-17-14/h3-9,12,18H,10,16H2,1-2H3. The van der Waals surface area contributed by atoms with Crippen molar-refractivity contribution in [3.63, 3.8) is 0 Å². The van der Waals surface area contributed by atoms with Crippen LogP contribution in [0.1, 0.15) is 29.8 Å². The van der Waals surface area contributed by atoms with E-state index in [1.165, 1.54) is 0 Å². The Labute approximate surface area is 125 Å². The highest BCUT2D eigenvalue weighted by Crippen LogP contribution is 2.19. The Kier molecular flexibility index (Phi) is 4.72. The summed E-state index contributed by atoms with van der Waals surface area (Å²) in [6.07, 6.45) is 1.64. The minimum atomic E-state index is -3.59. The fourth-order valence-electron chi connectivity index (χ4n) is 2.13. The van der Waals surface area contributed by atoms with Crippen LogP contribution in [0.2, 0.25) is 0 Å². The molecule has 1 unspecified atom stereocenters. The number of nitrogens with two attached hydrogens (primary N) is 1. The molecule has 0 amide bonds. The summed E-state index contributed by atoms with van der Waals surface area (Å²) >= 11 is 0. The molecule has 1 aromatic carbocycles. The molecule has 3 N–H and O–H groups in total. The first-order chi connectivity index (χ1) is 9.94. The summed E-state index contributed by atoms with van der Waals surface area (Å²) in [5.41, 5.74) is 7.83. The molecule has 0 spiro atoms. The minimum absolute atomic E-state index is 0.266. The van der Waals surface area contributed by atoms with Gasteiger partial charge in [0.2, 0.25) is 10.0 Å². The van der Waals surface area contributed by atoms with Crippen molar-refractivity contribution in [3.05, 3.63) is 59.4 Å². The lowest BCUT2D eigenvalue weighted by atomic mass is 10.1. The van der Waals surface area contributed by atoms with E-state index in [1.54, 1.807) is 50.4 Å². The largest absolute Gasteiger partial charge is 0.326 e. The highest BCUT2D eigenvalue weighted by Gasteiger charge is 2.20. The third-order valence-electron chi connectivity index (χ3n) is 3.23. The molecule has 0 aliphatic carbocycles. The monoisotopic (exact) mass is 305 g/mol. The SMILES string of the molecule is Cc1cc(CN)ccc1S(=O)(=O)NC(C)c1ccccn1. The lowest BCUT2D eigenvalue weighted by molar-refractivity contribution is 0.563. The van der Waals surface area contributed by atoms with Gasteiger partial charge in [-0.3, -0.25) is 4.98 Å². The van der Waals surface area contributed by atoms with Gasteiger partial charge in [-0.05, 0) is 43.2 Å². The normalized spacial score (nSPS) is 13.1. The van der Waals surface area contributed by atoms with Crippen molar-refractivity contribution in [2.45, 2.75) is 31.3 Å². The van der Waals surface area contributed by atoms with Gasteiger partial charge in [0.25, 0.3) is 0 Å². The number of hydrogen-bond donors (Lipinski definition) is 2. The van der Waals surface area contributed by atoms with Gasteiger partial charge in [0.1, 0.15) is 0 Å². The van der Waals surface area contributed by atoms with E-state index in [9.17, 15) is 8.42 Å². The van der Waals surface area contributed by atoms with Gasteiger partial charge in [-0.15, -0.1) is 0 Å². The molecule has 2 rings (SSSR count). The number of nitrogens with zero attached hydrogens (tertiary/aromatic N) is 1. The summed E-state index contributed by atoms with van der Waals surface area (Å²) in [5, 5.41) is 0. The van der Waals surface area contributed by atoms with Crippen LogP contribution in [-0.4, -0.2) is 13.4 Å². The molecular formula is C15H19N3O2S. The van der Waals surface area contributed by atoms with E-state index < -0.39 is 16.1 Å². The molecule has 1 heterocycles. The fraction of sp³-hybridized carbons (Fsp3) is 0.267. The van der Waals surface area contributed by atoms with E-state index in [0.717, 1.165) is 5.56 Å². The van der Waals surface area contributed by atoms with Gasteiger partial charge < -0.3 is 5.73 Å². The number of nitrogens with one attached hydrogen (secondary N) is 1. The van der Waals surface area contributed by atoms with E-state index in [-0.39, 0.29) is 4.90 Å². The first-order valence-electron chi connectivity index (χ1n) is 6.67. The van der Waals surface area contributed by atoms with Crippen LogP contribution < -0.4 is 10.5 Å². The molecule has 0 aliphatic rings. The molecule has 0 aliphatic heterocycles. The molecule has 0 radical (unpaired) electrons. The second kappa shape index (κ2) is 6.34. The number of rotatable bonds is 5. The zero-order valence-corrected chi connectivity index (χ0v) is 12.9. The Morgan fingerprint density at radius 2 is 2.05 bits per heavy atom. The maximum Gasteiger partial charge on any atom is 0.241 e. The number of hydrogen-bond acceptors (Lipinski definition) is 4. The highest BCUT2D eigenvalue weighted by molar-refractivity contribution is 7.89. The van der Waals surface area contributed by atoms with Gasteiger partial charge in [0.05, 0.1) is 16.6 Å². The Hall–Kier alpha value is -1.76. The average molecular weight is 305 g/mol.